The quantitative estimate of drug-likeness (QED) is 0.192. The number of nitro groups is 1. The number of rotatable bonds is 5. The van der Waals surface area contributed by atoms with Crippen molar-refractivity contribution in [2.24, 2.45) is 5.10 Å². The fourth-order valence-corrected chi connectivity index (χ4v) is 3.71. The van der Waals surface area contributed by atoms with E-state index in [2.05, 4.69) is 10.5 Å². The molecule has 0 unspecified atom stereocenters. The number of non-ortho nitro benzene ring substituents is 1. The lowest BCUT2D eigenvalue weighted by Crippen LogP contribution is -2.16. The SMILES string of the molecule is O=C(N/N=C/c1ccc(-c2cc([N+](=O)[O-])ccc2Cl)o1)c1cc2c(ccc3ccccc32)o1. The summed E-state index contributed by atoms with van der Waals surface area (Å²) in [5.74, 6) is 0.270. The molecule has 3 aromatic carbocycles. The molecule has 9 heteroatoms. The van der Waals surface area contributed by atoms with Gasteiger partial charge in [0.25, 0.3) is 5.69 Å². The highest BCUT2D eigenvalue weighted by Crippen LogP contribution is 2.32. The van der Waals surface area contributed by atoms with Gasteiger partial charge in [-0.05, 0) is 41.1 Å². The van der Waals surface area contributed by atoms with Crippen LogP contribution in [0.4, 0.5) is 5.69 Å². The lowest BCUT2D eigenvalue weighted by molar-refractivity contribution is -0.384. The molecule has 33 heavy (non-hydrogen) atoms. The number of nitro benzene ring substituents is 1. The van der Waals surface area contributed by atoms with Gasteiger partial charge in [0.15, 0.2) is 5.76 Å². The van der Waals surface area contributed by atoms with E-state index in [1.165, 1.54) is 24.4 Å². The maximum atomic E-state index is 12.5. The third-order valence-corrected chi connectivity index (χ3v) is 5.39. The van der Waals surface area contributed by atoms with E-state index in [1.807, 2.05) is 36.4 Å². The summed E-state index contributed by atoms with van der Waals surface area (Å²) in [6, 6.07) is 20.6. The summed E-state index contributed by atoms with van der Waals surface area (Å²) in [5, 5.41) is 18.1. The smallest absolute Gasteiger partial charge is 0.307 e. The number of carbonyl (C=O) groups is 1. The summed E-state index contributed by atoms with van der Waals surface area (Å²) >= 11 is 6.14. The molecule has 0 aliphatic heterocycles. The van der Waals surface area contributed by atoms with Gasteiger partial charge < -0.3 is 8.83 Å². The molecule has 8 nitrogen and oxygen atoms in total. The van der Waals surface area contributed by atoms with Crippen LogP contribution in [-0.4, -0.2) is 17.0 Å². The molecule has 162 valence electrons. The Labute approximate surface area is 191 Å². The lowest BCUT2D eigenvalue weighted by Gasteiger charge is -2.00. The van der Waals surface area contributed by atoms with E-state index in [4.69, 9.17) is 20.4 Å². The number of nitrogens with zero attached hydrogens (tertiary/aromatic N) is 2. The zero-order valence-corrected chi connectivity index (χ0v) is 17.6. The molecular formula is C24H14ClN3O5. The highest BCUT2D eigenvalue weighted by molar-refractivity contribution is 6.33. The van der Waals surface area contributed by atoms with Crippen LogP contribution in [0.15, 0.2) is 86.7 Å². The second-order valence-electron chi connectivity index (χ2n) is 7.13. The summed E-state index contributed by atoms with van der Waals surface area (Å²) in [7, 11) is 0. The largest absolute Gasteiger partial charge is 0.455 e. The first kappa shape index (κ1) is 20.5. The normalized spacial score (nSPS) is 11.4. The third kappa shape index (κ3) is 3.95. The predicted molar refractivity (Wildman–Crippen MR) is 125 cm³/mol. The monoisotopic (exact) mass is 459 g/mol. The summed E-state index contributed by atoms with van der Waals surface area (Å²) in [6.45, 7) is 0. The van der Waals surface area contributed by atoms with Crippen molar-refractivity contribution < 1.29 is 18.6 Å². The fourth-order valence-electron chi connectivity index (χ4n) is 3.50. The molecule has 0 aliphatic rings. The van der Waals surface area contributed by atoms with Crippen LogP contribution in [0, 0.1) is 10.1 Å². The van der Waals surface area contributed by atoms with Gasteiger partial charge in [-0.3, -0.25) is 14.9 Å². The van der Waals surface area contributed by atoms with Crippen LogP contribution in [0.5, 0.6) is 0 Å². The van der Waals surface area contributed by atoms with E-state index >= 15 is 0 Å². The average Bonchev–Trinajstić information content (AvgIpc) is 3.46. The molecule has 0 saturated carbocycles. The molecule has 2 aromatic heterocycles. The second kappa shape index (κ2) is 8.25. The van der Waals surface area contributed by atoms with Gasteiger partial charge in [-0.15, -0.1) is 0 Å². The first-order chi connectivity index (χ1) is 16.0. The molecule has 5 aromatic rings. The number of furan rings is 2. The van der Waals surface area contributed by atoms with Crippen LogP contribution in [0.2, 0.25) is 5.02 Å². The highest BCUT2D eigenvalue weighted by Gasteiger charge is 2.15. The van der Waals surface area contributed by atoms with Crippen molar-refractivity contribution in [1.82, 2.24) is 5.43 Å². The molecule has 5 rings (SSSR count). The molecule has 0 radical (unpaired) electrons. The van der Waals surface area contributed by atoms with Crippen LogP contribution in [0.25, 0.3) is 33.1 Å². The Bertz CT molecular complexity index is 1570. The van der Waals surface area contributed by atoms with E-state index in [9.17, 15) is 14.9 Å². The average molecular weight is 460 g/mol. The van der Waals surface area contributed by atoms with Crippen LogP contribution in [0.1, 0.15) is 16.3 Å². The van der Waals surface area contributed by atoms with E-state index in [0.29, 0.717) is 27.7 Å². The van der Waals surface area contributed by atoms with Gasteiger partial charge in [0.2, 0.25) is 0 Å². The van der Waals surface area contributed by atoms with E-state index in [1.54, 1.807) is 18.2 Å². The summed E-state index contributed by atoms with van der Waals surface area (Å²) in [6.07, 6.45) is 1.31. The summed E-state index contributed by atoms with van der Waals surface area (Å²) in [4.78, 5) is 23.0. The van der Waals surface area contributed by atoms with Crippen molar-refractivity contribution in [3.8, 4) is 11.3 Å². The van der Waals surface area contributed by atoms with Crippen LogP contribution < -0.4 is 5.43 Å². The molecule has 2 heterocycles. The minimum absolute atomic E-state index is 0.105. The van der Waals surface area contributed by atoms with Crippen molar-refractivity contribution in [2.45, 2.75) is 0 Å². The molecule has 0 saturated heterocycles. The van der Waals surface area contributed by atoms with Crippen LogP contribution in [-0.2, 0) is 0 Å². The Morgan fingerprint density at radius 3 is 2.70 bits per heavy atom. The highest BCUT2D eigenvalue weighted by atomic mass is 35.5. The number of benzene rings is 3. The summed E-state index contributed by atoms with van der Waals surface area (Å²) in [5.41, 5.74) is 3.28. The standard InChI is InChI=1S/C24H14ClN3O5/c25-20-8-6-15(28(30)31)11-19(20)22-10-7-16(32-22)13-26-27-24(29)23-12-18-17-4-2-1-3-14(17)5-9-21(18)33-23/h1-13H,(H,27,29)/b26-13+. The molecule has 0 spiro atoms. The topological polar surface area (TPSA) is 111 Å². The van der Waals surface area contributed by atoms with Gasteiger partial charge >= 0.3 is 5.91 Å². The Morgan fingerprint density at radius 2 is 1.85 bits per heavy atom. The Hall–Kier alpha value is -4.43. The number of hydrogen-bond acceptors (Lipinski definition) is 6. The minimum Gasteiger partial charge on any atom is -0.455 e. The first-order valence-electron chi connectivity index (χ1n) is 9.78. The molecule has 1 amide bonds. The number of hydrogen-bond donors (Lipinski definition) is 1. The number of hydrazone groups is 1. The van der Waals surface area contributed by atoms with E-state index in [0.717, 1.165) is 16.2 Å². The molecule has 0 atom stereocenters. The van der Waals surface area contributed by atoms with Crippen molar-refractivity contribution in [3.05, 3.63) is 99.5 Å². The number of carbonyl (C=O) groups excluding carboxylic acids is 1. The summed E-state index contributed by atoms with van der Waals surface area (Å²) < 4.78 is 11.3. The number of fused-ring (bicyclic) bond motifs is 3. The van der Waals surface area contributed by atoms with E-state index < -0.39 is 10.8 Å². The minimum atomic E-state index is -0.514. The van der Waals surface area contributed by atoms with Crippen molar-refractivity contribution in [2.75, 3.05) is 0 Å². The van der Waals surface area contributed by atoms with Crippen molar-refractivity contribution in [3.63, 3.8) is 0 Å². The lowest BCUT2D eigenvalue weighted by atomic mass is 10.1. The van der Waals surface area contributed by atoms with Crippen molar-refractivity contribution in [1.29, 1.82) is 0 Å². The maximum Gasteiger partial charge on any atom is 0.307 e. The van der Waals surface area contributed by atoms with Gasteiger partial charge in [0.05, 0.1) is 16.2 Å². The van der Waals surface area contributed by atoms with Crippen molar-refractivity contribution >= 4 is 51.2 Å². The van der Waals surface area contributed by atoms with Gasteiger partial charge in [-0.25, -0.2) is 5.43 Å². The van der Waals surface area contributed by atoms with Gasteiger partial charge in [-0.2, -0.15) is 5.10 Å². The molecule has 1 N–H and O–H groups in total. The predicted octanol–water partition coefficient (Wildman–Crippen LogP) is 6.17. The zero-order valence-electron chi connectivity index (χ0n) is 16.8. The number of amides is 1. The molecular weight excluding hydrogens is 446 g/mol. The van der Waals surface area contributed by atoms with Crippen LogP contribution >= 0.6 is 11.6 Å². The van der Waals surface area contributed by atoms with Gasteiger partial charge in [0, 0.05) is 23.1 Å². The Kier molecular flexibility index (Phi) is 5.12. The second-order valence-corrected chi connectivity index (χ2v) is 7.54. The first-order valence-corrected chi connectivity index (χ1v) is 10.2. The zero-order chi connectivity index (χ0) is 22.9. The number of nitrogens with one attached hydrogen (secondary N) is 1. The Morgan fingerprint density at radius 1 is 1.00 bits per heavy atom. The molecule has 0 bridgehead atoms. The third-order valence-electron chi connectivity index (χ3n) is 5.06. The molecule has 0 fully saturated rings. The Balaban J connectivity index is 1.33. The van der Waals surface area contributed by atoms with Gasteiger partial charge in [-0.1, -0.05) is 41.9 Å². The fraction of sp³-hybridized carbons (Fsp3) is 0. The van der Waals surface area contributed by atoms with Crippen LogP contribution in [0.3, 0.4) is 0 Å². The maximum absolute atomic E-state index is 12.5. The van der Waals surface area contributed by atoms with E-state index in [-0.39, 0.29) is 11.4 Å². The van der Waals surface area contributed by atoms with Gasteiger partial charge in [0.1, 0.15) is 17.1 Å². The number of halogens is 1. The molecule has 0 aliphatic carbocycles.